The Bertz CT molecular complexity index is 644. The Kier molecular flexibility index (Phi) is 2.71. The van der Waals surface area contributed by atoms with E-state index in [1.54, 1.807) is 6.92 Å². The largest absolute Gasteiger partial charge is 0.444 e. The molecule has 0 unspecified atom stereocenters. The van der Waals surface area contributed by atoms with Crippen LogP contribution in [0.1, 0.15) is 22.9 Å². The fourth-order valence-electron chi connectivity index (χ4n) is 1.49. The van der Waals surface area contributed by atoms with Gasteiger partial charge >= 0.3 is 5.69 Å². The van der Waals surface area contributed by atoms with Crippen molar-refractivity contribution in [3.05, 3.63) is 49.9 Å². The van der Waals surface area contributed by atoms with Crippen LogP contribution in [0.25, 0.3) is 0 Å². The Balaban J connectivity index is 2.39. The lowest BCUT2D eigenvalue weighted by Gasteiger charge is -2.02. The van der Waals surface area contributed by atoms with Crippen LogP contribution in [0.3, 0.4) is 0 Å². The van der Waals surface area contributed by atoms with Gasteiger partial charge in [-0.2, -0.15) is 0 Å². The van der Waals surface area contributed by atoms with Gasteiger partial charge in [0.25, 0.3) is 5.56 Å². The Morgan fingerprint density at radius 3 is 2.65 bits per heavy atom. The molecule has 17 heavy (non-hydrogen) atoms. The van der Waals surface area contributed by atoms with Crippen LogP contribution in [-0.2, 0) is 6.54 Å². The average Bonchev–Trinajstić information content (AvgIpc) is 2.55. The molecule has 1 N–H and O–H groups in total. The Labute approximate surface area is 96.9 Å². The van der Waals surface area contributed by atoms with Gasteiger partial charge in [0.2, 0.25) is 5.89 Å². The minimum Gasteiger partial charge on any atom is -0.444 e. The van der Waals surface area contributed by atoms with Crippen LogP contribution in [0.2, 0.25) is 0 Å². The summed E-state index contributed by atoms with van der Waals surface area (Å²) in [5, 5.41) is 0. The van der Waals surface area contributed by atoms with Crippen LogP contribution in [0, 0.1) is 20.8 Å². The first-order valence-electron chi connectivity index (χ1n) is 5.20. The highest BCUT2D eigenvalue weighted by molar-refractivity contribution is 5.06. The van der Waals surface area contributed by atoms with E-state index in [0.29, 0.717) is 11.5 Å². The Hall–Kier alpha value is -2.11. The first kappa shape index (κ1) is 11.4. The normalized spacial score (nSPS) is 10.8. The van der Waals surface area contributed by atoms with Crippen LogP contribution in [0.5, 0.6) is 0 Å². The highest BCUT2D eigenvalue weighted by Gasteiger charge is 2.08. The molecule has 0 aromatic carbocycles. The molecule has 0 saturated carbocycles. The summed E-state index contributed by atoms with van der Waals surface area (Å²) in [6.07, 6.45) is 1.50. The van der Waals surface area contributed by atoms with Crippen molar-refractivity contribution in [3.63, 3.8) is 0 Å². The second-order valence-electron chi connectivity index (χ2n) is 3.95. The van der Waals surface area contributed by atoms with Crippen molar-refractivity contribution in [1.29, 1.82) is 0 Å². The van der Waals surface area contributed by atoms with Crippen molar-refractivity contribution >= 4 is 0 Å². The molecule has 0 atom stereocenters. The van der Waals surface area contributed by atoms with Gasteiger partial charge in [0.1, 0.15) is 12.3 Å². The third kappa shape index (κ3) is 2.20. The summed E-state index contributed by atoms with van der Waals surface area (Å²) >= 11 is 0. The summed E-state index contributed by atoms with van der Waals surface area (Å²) in [6.45, 7) is 5.50. The summed E-state index contributed by atoms with van der Waals surface area (Å²) in [5.74, 6) is 1.18. The molecule has 90 valence electrons. The number of aromatic nitrogens is 3. The molecule has 0 amide bonds. The molecule has 6 nitrogen and oxygen atoms in total. The van der Waals surface area contributed by atoms with Gasteiger partial charge in [-0.05, 0) is 20.8 Å². The van der Waals surface area contributed by atoms with Crippen molar-refractivity contribution in [3.8, 4) is 0 Å². The number of rotatable bonds is 2. The van der Waals surface area contributed by atoms with E-state index in [-0.39, 0.29) is 12.1 Å². The number of nitrogens with one attached hydrogen (secondary N) is 1. The van der Waals surface area contributed by atoms with Crippen molar-refractivity contribution < 1.29 is 4.42 Å². The summed E-state index contributed by atoms with van der Waals surface area (Å²) in [6, 6.07) is 0. The molecule has 0 saturated heterocycles. The standard InChI is InChI=1S/C11H13N3O3/c1-6-4-14(11(16)13-10(6)15)5-9-12-7(2)8(3)17-9/h4H,5H2,1-3H3,(H,13,15,16). The van der Waals surface area contributed by atoms with E-state index in [0.717, 1.165) is 11.5 Å². The van der Waals surface area contributed by atoms with E-state index in [1.807, 2.05) is 13.8 Å². The van der Waals surface area contributed by atoms with Gasteiger partial charge in [0.05, 0.1) is 5.69 Å². The van der Waals surface area contributed by atoms with Gasteiger partial charge in [-0.15, -0.1) is 0 Å². The molecule has 2 aromatic rings. The topological polar surface area (TPSA) is 80.9 Å². The lowest BCUT2D eigenvalue weighted by molar-refractivity contribution is 0.451. The first-order valence-corrected chi connectivity index (χ1v) is 5.20. The number of hydrogen-bond acceptors (Lipinski definition) is 4. The smallest absolute Gasteiger partial charge is 0.328 e. The van der Waals surface area contributed by atoms with Gasteiger partial charge in [-0.3, -0.25) is 14.3 Å². The zero-order valence-electron chi connectivity index (χ0n) is 9.90. The molecule has 0 spiro atoms. The van der Waals surface area contributed by atoms with Crippen molar-refractivity contribution in [2.45, 2.75) is 27.3 Å². The molecule has 0 radical (unpaired) electrons. The van der Waals surface area contributed by atoms with Crippen LogP contribution in [0.4, 0.5) is 0 Å². The second-order valence-corrected chi connectivity index (χ2v) is 3.95. The number of nitrogens with zero attached hydrogens (tertiary/aromatic N) is 2. The molecule has 0 aliphatic rings. The van der Waals surface area contributed by atoms with Crippen LogP contribution < -0.4 is 11.2 Å². The maximum absolute atomic E-state index is 11.5. The molecule has 0 fully saturated rings. The van der Waals surface area contributed by atoms with E-state index in [2.05, 4.69) is 9.97 Å². The monoisotopic (exact) mass is 235 g/mol. The third-order valence-electron chi connectivity index (χ3n) is 2.57. The van der Waals surface area contributed by atoms with Gasteiger partial charge in [0.15, 0.2) is 0 Å². The molecule has 0 aliphatic heterocycles. The fraction of sp³-hybridized carbons (Fsp3) is 0.364. The summed E-state index contributed by atoms with van der Waals surface area (Å²) in [4.78, 5) is 29.1. The van der Waals surface area contributed by atoms with E-state index in [4.69, 9.17) is 4.42 Å². The maximum atomic E-state index is 11.5. The molecule has 0 aliphatic carbocycles. The van der Waals surface area contributed by atoms with Crippen LogP contribution in [0.15, 0.2) is 20.2 Å². The van der Waals surface area contributed by atoms with Crippen molar-refractivity contribution in [2.75, 3.05) is 0 Å². The average molecular weight is 235 g/mol. The molecule has 0 bridgehead atoms. The van der Waals surface area contributed by atoms with Gasteiger partial charge in [-0.25, -0.2) is 9.78 Å². The fourth-order valence-corrected chi connectivity index (χ4v) is 1.49. The lowest BCUT2D eigenvalue weighted by Crippen LogP contribution is -2.31. The van der Waals surface area contributed by atoms with E-state index < -0.39 is 5.69 Å². The number of oxazole rings is 1. The minimum atomic E-state index is -0.464. The number of H-pyrrole nitrogens is 1. The molecular formula is C11H13N3O3. The number of aromatic amines is 1. The quantitative estimate of drug-likeness (QED) is 0.821. The zero-order chi connectivity index (χ0) is 12.6. The predicted octanol–water partition coefficient (Wildman–Crippen LogP) is 0.498. The van der Waals surface area contributed by atoms with E-state index >= 15 is 0 Å². The summed E-state index contributed by atoms with van der Waals surface area (Å²) < 4.78 is 6.74. The highest BCUT2D eigenvalue weighted by Crippen LogP contribution is 2.08. The third-order valence-corrected chi connectivity index (χ3v) is 2.57. The molecule has 6 heteroatoms. The molecule has 2 heterocycles. The molecule has 2 rings (SSSR count). The summed E-state index contributed by atoms with van der Waals surface area (Å²) in [5.41, 5.74) is 0.443. The molecule has 2 aromatic heterocycles. The molecular weight excluding hydrogens is 222 g/mol. The van der Waals surface area contributed by atoms with Crippen molar-refractivity contribution in [2.24, 2.45) is 0 Å². The predicted molar refractivity (Wildman–Crippen MR) is 61.1 cm³/mol. The zero-order valence-corrected chi connectivity index (χ0v) is 9.90. The first-order chi connectivity index (χ1) is 7.97. The second kappa shape index (κ2) is 4.04. The highest BCUT2D eigenvalue weighted by atomic mass is 16.4. The minimum absolute atomic E-state index is 0.213. The Morgan fingerprint density at radius 1 is 1.35 bits per heavy atom. The van der Waals surface area contributed by atoms with Gasteiger partial charge in [0, 0.05) is 11.8 Å². The van der Waals surface area contributed by atoms with Gasteiger partial charge in [-0.1, -0.05) is 0 Å². The van der Waals surface area contributed by atoms with Crippen LogP contribution >= 0.6 is 0 Å². The van der Waals surface area contributed by atoms with Crippen molar-refractivity contribution in [1.82, 2.24) is 14.5 Å². The number of hydrogen-bond donors (Lipinski definition) is 1. The summed E-state index contributed by atoms with van der Waals surface area (Å²) in [7, 11) is 0. The lowest BCUT2D eigenvalue weighted by atomic mass is 10.4. The van der Waals surface area contributed by atoms with E-state index in [1.165, 1.54) is 10.8 Å². The van der Waals surface area contributed by atoms with Gasteiger partial charge < -0.3 is 4.42 Å². The Morgan fingerprint density at radius 2 is 2.06 bits per heavy atom. The SMILES string of the molecule is Cc1nc(Cn2cc(C)c(=O)[nH]c2=O)oc1C. The van der Waals surface area contributed by atoms with Crippen LogP contribution in [-0.4, -0.2) is 14.5 Å². The van der Waals surface area contributed by atoms with E-state index in [9.17, 15) is 9.59 Å². The maximum Gasteiger partial charge on any atom is 0.328 e. The number of aryl methyl sites for hydroxylation is 3.